The largest absolute Gasteiger partial charge is 0.290 e. The molecule has 0 atom stereocenters. The molecule has 0 fully saturated rings. The fourth-order valence-corrected chi connectivity index (χ4v) is 1.25. The van der Waals surface area contributed by atoms with E-state index in [4.69, 9.17) is 0 Å². The quantitative estimate of drug-likeness (QED) is 0.707. The molecule has 0 saturated heterocycles. The van der Waals surface area contributed by atoms with Gasteiger partial charge in [0.05, 0.1) is 5.75 Å². The topological polar surface area (TPSA) is 34.1 Å². The smallest absolute Gasteiger partial charge is 0.219 e. The van der Waals surface area contributed by atoms with Gasteiger partial charge in [0.15, 0.2) is 0 Å². The van der Waals surface area contributed by atoms with Crippen LogP contribution >= 0.6 is 11.8 Å². The molecule has 0 aromatic heterocycles. The fraction of sp³-hybridized carbons (Fsp3) is 0.111. The average molecular weight is 179 g/mol. The highest BCUT2D eigenvalue weighted by atomic mass is 32.2. The van der Waals surface area contributed by atoms with E-state index in [1.54, 1.807) is 30.6 Å². The standard InChI is InChI=1S/C9H7O2S/c10-6-7-12-9(11)8-4-2-1-3-5-8/h1-5H,7H2. The van der Waals surface area contributed by atoms with Crippen molar-refractivity contribution in [3.05, 3.63) is 35.9 Å². The van der Waals surface area contributed by atoms with Crippen LogP contribution in [0.4, 0.5) is 0 Å². The van der Waals surface area contributed by atoms with Gasteiger partial charge >= 0.3 is 0 Å². The van der Waals surface area contributed by atoms with Gasteiger partial charge in [-0.25, -0.2) is 0 Å². The van der Waals surface area contributed by atoms with Gasteiger partial charge in [0.1, 0.15) is 0 Å². The molecule has 0 bridgehead atoms. The van der Waals surface area contributed by atoms with Crippen LogP contribution in [0.2, 0.25) is 0 Å². The van der Waals surface area contributed by atoms with Crippen molar-refractivity contribution < 1.29 is 9.59 Å². The van der Waals surface area contributed by atoms with Crippen molar-refractivity contribution in [1.29, 1.82) is 0 Å². The zero-order valence-electron chi connectivity index (χ0n) is 6.32. The van der Waals surface area contributed by atoms with Crippen LogP contribution in [0.25, 0.3) is 0 Å². The zero-order chi connectivity index (χ0) is 8.81. The molecule has 0 aliphatic heterocycles. The second-order valence-corrected chi connectivity index (χ2v) is 3.03. The van der Waals surface area contributed by atoms with Crippen molar-refractivity contribution in [1.82, 2.24) is 0 Å². The molecule has 0 saturated carbocycles. The molecule has 3 heteroatoms. The highest BCUT2D eigenvalue weighted by molar-refractivity contribution is 8.14. The molecular weight excluding hydrogens is 172 g/mol. The van der Waals surface area contributed by atoms with E-state index in [1.807, 2.05) is 6.07 Å². The fourth-order valence-electron chi connectivity index (χ4n) is 0.753. The summed E-state index contributed by atoms with van der Waals surface area (Å²) >= 11 is 0.967. The van der Waals surface area contributed by atoms with Crippen LogP contribution < -0.4 is 0 Å². The van der Waals surface area contributed by atoms with Gasteiger partial charge in [0.25, 0.3) is 0 Å². The number of thioether (sulfide) groups is 1. The summed E-state index contributed by atoms with van der Waals surface area (Å²) in [5, 5.41) is -0.0843. The van der Waals surface area contributed by atoms with Crippen molar-refractivity contribution in [3.63, 3.8) is 0 Å². The highest BCUT2D eigenvalue weighted by Crippen LogP contribution is 2.10. The van der Waals surface area contributed by atoms with E-state index in [1.165, 1.54) is 0 Å². The Morgan fingerprint density at radius 3 is 2.58 bits per heavy atom. The van der Waals surface area contributed by atoms with Gasteiger partial charge in [-0.1, -0.05) is 42.1 Å². The van der Waals surface area contributed by atoms with Crippen LogP contribution in [0, 0.1) is 0 Å². The summed E-state index contributed by atoms with van der Waals surface area (Å²) in [6, 6.07) is 8.87. The number of rotatable bonds is 3. The first-order chi connectivity index (χ1) is 5.84. The molecule has 61 valence electrons. The lowest BCUT2D eigenvalue weighted by Crippen LogP contribution is -1.94. The van der Waals surface area contributed by atoms with E-state index in [9.17, 15) is 9.59 Å². The van der Waals surface area contributed by atoms with Gasteiger partial charge in [-0.15, -0.1) is 0 Å². The minimum absolute atomic E-state index is 0.0843. The molecule has 0 spiro atoms. The molecule has 1 aromatic carbocycles. The Morgan fingerprint density at radius 2 is 2.00 bits per heavy atom. The van der Waals surface area contributed by atoms with Gasteiger partial charge in [0.2, 0.25) is 11.4 Å². The maximum Gasteiger partial charge on any atom is 0.219 e. The number of benzene rings is 1. The molecule has 0 amide bonds. The van der Waals surface area contributed by atoms with E-state index in [0.717, 1.165) is 11.8 Å². The second-order valence-electron chi connectivity index (χ2n) is 2.09. The Bertz CT molecular complexity index is 269. The maximum atomic E-state index is 11.2. The second kappa shape index (κ2) is 4.72. The van der Waals surface area contributed by atoms with E-state index in [-0.39, 0.29) is 10.9 Å². The summed E-state index contributed by atoms with van der Waals surface area (Å²) in [6.07, 6.45) is 1.66. The van der Waals surface area contributed by atoms with Crippen molar-refractivity contribution >= 4 is 23.2 Å². The molecule has 1 aromatic rings. The average Bonchev–Trinajstić information content (AvgIpc) is 2.15. The predicted octanol–water partition coefficient (Wildman–Crippen LogP) is 1.67. The van der Waals surface area contributed by atoms with E-state index >= 15 is 0 Å². The van der Waals surface area contributed by atoms with Crippen molar-refractivity contribution in [3.8, 4) is 0 Å². The van der Waals surface area contributed by atoms with Gasteiger partial charge < -0.3 is 0 Å². The van der Waals surface area contributed by atoms with Gasteiger partial charge in [-0.2, -0.15) is 0 Å². The van der Waals surface area contributed by atoms with Gasteiger partial charge in [-0.3, -0.25) is 9.59 Å². The van der Waals surface area contributed by atoms with Crippen LogP contribution in [0.3, 0.4) is 0 Å². The Labute approximate surface area is 75.0 Å². The lowest BCUT2D eigenvalue weighted by molar-refractivity contribution is 0.108. The van der Waals surface area contributed by atoms with Crippen LogP contribution in [0.5, 0.6) is 0 Å². The molecule has 1 rings (SSSR count). The number of hydrogen-bond acceptors (Lipinski definition) is 3. The first-order valence-electron chi connectivity index (χ1n) is 3.42. The van der Waals surface area contributed by atoms with E-state index in [0.29, 0.717) is 5.56 Å². The lowest BCUT2D eigenvalue weighted by Gasteiger charge is -1.95. The summed E-state index contributed by atoms with van der Waals surface area (Å²) in [6.45, 7) is 0. The van der Waals surface area contributed by atoms with Gasteiger partial charge in [-0.05, 0) is 0 Å². The monoisotopic (exact) mass is 179 g/mol. The van der Waals surface area contributed by atoms with Crippen molar-refractivity contribution in [2.75, 3.05) is 5.75 Å². The van der Waals surface area contributed by atoms with Crippen molar-refractivity contribution in [2.24, 2.45) is 0 Å². The molecule has 1 radical (unpaired) electrons. The van der Waals surface area contributed by atoms with E-state index in [2.05, 4.69) is 0 Å². The first kappa shape index (κ1) is 9.00. The normalized spacial score (nSPS) is 9.33. The van der Waals surface area contributed by atoms with Crippen molar-refractivity contribution in [2.45, 2.75) is 0 Å². The Kier molecular flexibility index (Phi) is 3.54. The Balaban J connectivity index is 2.59. The zero-order valence-corrected chi connectivity index (χ0v) is 7.14. The third-order valence-electron chi connectivity index (χ3n) is 1.27. The molecule has 0 aliphatic carbocycles. The molecule has 2 nitrogen and oxygen atoms in total. The van der Waals surface area contributed by atoms with Crippen LogP contribution in [-0.2, 0) is 4.79 Å². The van der Waals surface area contributed by atoms with E-state index < -0.39 is 0 Å². The first-order valence-corrected chi connectivity index (χ1v) is 4.40. The predicted molar refractivity (Wildman–Crippen MR) is 48.9 cm³/mol. The number of carbonyl (C=O) groups is 1. The minimum atomic E-state index is -0.0843. The Hall–Kier alpha value is -1.09. The third kappa shape index (κ3) is 2.51. The molecular formula is C9H7O2S. The Morgan fingerprint density at radius 1 is 1.33 bits per heavy atom. The minimum Gasteiger partial charge on any atom is -0.290 e. The van der Waals surface area contributed by atoms with Crippen LogP contribution in [-0.4, -0.2) is 17.2 Å². The molecule has 0 N–H and O–H groups in total. The maximum absolute atomic E-state index is 11.2. The number of hydrogen-bond donors (Lipinski definition) is 0. The molecule has 12 heavy (non-hydrogen) atoms. The molecule has 0 unspecified atom stereocenters. The third-order valence-corrected chi connectivity index (χ3v) is 2.03. The number of carbonyl (C=O) groups excluding carboxylic acids is 2. The molecule has 0 aliphatic rings. The molecule has 0 heterocycles. The summed E-state index contributed by atoms with van der Waals surface area (Å²) in [4.78, 5) is 21.0. The summed E-state index contributed by atoms with van der Waals surface area (Å²) in [5.41, 5.74) is 0.623. The summed E-state index contributed by atoms with van der Waals surface area (Å²) in [5.74, 6) is 0.105. The summed E-state index contributed by atoms with van der Waals surface area (Å²) in [7, 11) is 0. The van der Waals surface area contributed by atoms with Crippen LogP contribution in [0.1, 0.15) is 10.4 Å². The highest BCUT2D eigenvalue weighted by Gasteiger charge is 2.03. The van der Waals surface area contributed by atoms with Gasteiger partial charge in [0, 0.05) is 5.56 Å². The SMILES string of the molecule is O=[C]CSC(=O)c1ccccc1. The lowest BCUT2D eigenvalue weighted by atomic mass is 10.2. The van der Waals surface area contributed by atoms with Crippen LogP contribution in [0.15, 0.2) is 30.3 Å². The summed E-state index contributed by atoms with van der Waals surface area (Å²) < 4.78 is 0.